The summed E-state index contributed by atoms with van der Waals surface area (Å²) in [4.78, 5) is 37.9. The third kappa shape index (κ3) is 2.03. The number of rotatable bonds is 2. The quantitative estimate of drug-likeness (QED) is 0.854. The maximum atomic E-state index is 12.7. The van der Waals surface area contributed by atoms with Crippen LogP contribution in [0.15, 0.2) is 24.3 Å². The Morgan fingerprint density at radius 1 is 1.29 bits per heavy atom. The van der Waals surface area contributed by atoms with E-state index in [0.717, 1.165) is 16.9 Å². The molecule has 3 rings (SSSR count). The number of carbonyl (C=O) groups is 3. The fraction of sp³-hybridized carbons (Fsp3) is 0.400. The van der Waals surface area contributed by atoms with Gasteiger partial charge >= 0.3 is 6.03 Å². The largest absolute Gasteiger partial charge is 0.331 e. The molecular formula is C15H15ClN2O3. The first-order chi connectivity index (χ1) is 9.95. The standard InChI is InChI=1S/C15H15ClN2O3/c1-9(10-4-2-5-11(16)8-10)18-13(20)15(6-3-7-15)12(19)17-14(18)21/h2,4-5,8-9H,3,6-7H2,1H3,(H,17,19,21). The van der Waals surface area contributed by atoms with Crippen LogP contribution in [0.5, 0.6) is 0 Å². The molecule has 110 valence electrons. The van der Waals surface area contributed by atoms with Crippen molar-refractivity contribution in [2.75, 3.05) is 0 Å². The molecule has 1 atom stereocenters. The van der Waals surface area contributed by atoms with Gasteiger partial charge < -0.3 is 0 Å². The SMILES string of the molecule is CC(c1cccc(Cl)c1)N1C(=O)NC(=O)C2(CCC2)C1=O. The molecule has 5 nitrogen and oxygen atoms in total. The van der Waals surface area contributed by atoms with Crippen LogP contribution in [0.2, 0.25) is 5.02 Å². The zero-order valence-electron chi connectivity index (χ0n) is 11.6. The Kier molecular flexibility index (Phi) is 3.24. The van der Waals surface area contributed by atoms with E-state index in [1.807, 2.05) is 0 Å². The summed E-state index contributed by atoms with van der Waals surface area (Å²) in [6.07, 6.45) is 1.83. The van der Waals surface area contributed by atoms with E-state index in [-0.39, 0.29) is 0 Å². The van der Waals surface area contributed by atoms with E-state index in [0.29, 0.717) is 17.9 Å². The fourth-order valence-electron chi connectivity index (χ4n) is 2.94. The van der Waals surface area contributed by atoms with Crippen molar-refractivity contribution in [1.29, 1.82) is 0 Å². The minimum absolute atomic E-state index is 0.394. The number of barbiturate groups is 1. The number of halogens is 1. The van der Waals surface area contributed by atoms with Gasteiger partial charge in [0, 0.05) is 5.02 Å². The lowest BCUT2D eigenvalue weighted by Crippen LogP contribution is -2.66. The fourth-order valence-corrected chi connectivity index (χ4v) is 3.13. The van der Waals surface area contributed by atoms with Crippen LogP contribution in [0.25, 0.3) is 0 Å². The molecule has 1 aromatic rings. The predicted octanol–water partition coefficient (Wildman–Crippen LogP) is 2.65. The van der Waals surface area contributed by atoms with Crippen LogP contribution >= 0.6 is 11.6 Å². The van der Waals surface area contributed by atoms with E-state index in [9.17, 15) is 14.4 Å². The number of nitrogens with one attached hydrogen (secondary N) is 1. The van der Waals surface area contributed by atoms with Crippen LogP contribution in [-0.2, 0) is 9.59 Å². The Balaban J connectivity index is 1.95. The van der Waals surface area contributed by atoms with Crippen LogP contribution in [0, 0.1) is 5.41 Å². The Labute approximate surface area is 127 Å². The maximum absolute atomic E-state index is 12.7. The normalized spacial score (nSPS) is 22.0. The highest BCUT2D eigenvalue weighted by molar-refractivity contribution is 6.30. The number of carbonyl (C=O) groups excluding carboxylic acids is 3. The van der Waals surface area contributed by atoms with Crippen molar-refractivity contribution in [1.82, 2.24) is 10.2 Å². The van der Waals surface area contributed by atoms with Gasteiger partial charge in [0.25, 0.3) is 0 Å². The highest BCUT2D eigenvalue weighted by Gasteiger charge is 2.58. The lowest BCUT2D eigenvalue weighted by Gasteiger charge is -2.46. The van der Waals surface area contributed by atoms with Gasteiger partial charge in [0.2, 0.25) is 11.8 Å². The third-order valence-electron chi connectivity index (χ3n) is 4.43. The minimum Gasteiger partial charge on any atom is -0.277 e. The Morgan fingerprint density at radius 2 is 2.00 bits per heavy atom. The van der Waals surface area contributed by atoms with Gasteiger partial charge in [0.15, 0.2) is 0 Å². The highest BCUT2D eigenvalue weighted by atomic mass is 35.5. The molecule has 1 saturated heterocycles. The molecule has 1 N–H and O–H groups in total. The van der Waals surface area contributed by atoms with Crippen molar-refractivity contribution in [2.24, 2.45) is 5.41 Å². The molecule has 1 aliphatic heterocycles. The minimum atomic E-state index is -1.04. The molecule has 1 aliphatic carbocycles. The van der Waals surface area contributed by atoms with Crippen LogP contribution in [-0.4, -0.2) is 22.7 Å². The number of hydrogen-bond acceptors (Lipinski definition) is 3. The molecule has 2 aliphatic rings. The van der Waals surface area contributed by atoms with E-state index in [4.69, 9.17) is 11.6 Å². The zero-order valence-corrected chi connectivity index (χ0v) is 12.3. The van der Waals surface area contributed by atoms with E-state index in [1.165, 1.54) is 0 Å². The Hall–Kier alpha value is -1.88. The second-order valence-corrected chi connectivity index (χ2v) is 6.04. The number of urea groups is 1. The number of amides is 4. The van der Waals surface area contributed by atoms with Crippen molar-refractivity contribution in [3.63, 3.8) is 0 Å². The third-order valence-corrected chi connectivity index (χ3v) is 4.66. The monoisotopic (exact) mass is 306 g/mol. The van der Waals surface area contributed by atoms with E-state index in [1.54, 1.807) is 31.2 Å². The van der Waals surface area contributed by atoms with Gasteiger partial charge in [-0.1, -0.05) is 30.2 Å². The molecular weight excluding hydrogens is 292 g/mol. The average Bonchev–Trinajstić information content (AvgIpc) is 2.36. The van der Waals surface area contributed by atoms with Crippen LogP contribution in [0.4, 0.5) is 4.79 Å². The summed E-state index contributed by atoms with van der Waals surface area (Å²) < 4.78 is 0. The molecule has 4 amide bonds. The summed E-state index contributed by atoms with van der Waals surface area (Å²) in [6, 6.07) is 5.90. The van der Waals surface area contributed by atoms with Gasteiger partial charge in [-0.2, -0.15) is 0 Å². The van der Waals surface area contributed by atoms with Crippen molar-refractivity contribution < 1.29 is 14.4 Å². The molecule has 6 heteroatoms. The van der Waals surface area contributed by atoms with E-state index in [2.05, 4.69) is 5.32 Å². The average molecular weight is 307 g/mol. The Bertz CT molecular complexity index is 640. The molecule has 1 unspecified atom stereocenters. The van der Waals surface area contributed by atoms with Gasteiger partial charge in [-0.15, -0.1) is 0 Å². The highest BCUT2D eigenvalue weighted by Crippen LogP contribution is 2.46. The van der Waals surface area contributed by atoms with Gasteiger partial charge in [0.1, 0.15) is 5.41 Å². The molecule has 21 heavy (non-hydrogen) atoms. The molecule has 0 bridgehead atoms. The van der Waals surface area contributed by atoms with Gasteiger partial charge in [0.05, 0.1) is 6.04 Å². The van der Waals surface area contributed by atoms with Crippen molar-refractivity contribution in [3.05, 3.63) is 34.9 Å². The van der Waals surface area contributed by atoms with Crippen LogP contribution in [0.1, 0.15) is 37.8 Å². The molecule has 1 spiro atoms. The molecule has 1 heterocycles. The van der Waals surface area contributed by atoms with Gasteiger partial charge in [-0.3, -0.25) is 19.8 Å². The molecule has 0 radical (unpaired) electrons. The zero-order chi connectivity index (χ0) is 15.2. The van der Waals surface area contributed by atoms with Crippen molar-refractivity contribution >= 4 is 29.4 Å². The lowest BCUT2D eigenvalue weighted by molar-refractivity contribution is -0.159. The first kappa shape index (κ1) is 14.1. The predicted molar refractivity (Wildman–Crippen MR) is 76.5 cm³/mol. The second kappa shape index (κ2) is 4.84. The van der Waals surface area contributed by atoms with Gasteiger partial charge in [-0.25, -0.2) is 4.79 Å². The summed E-state index contributed by atoms with van der Waals surface area (Å²) in [6.45, 7) is 1.76. The smallest absolute Gasteiger partial charge is 0.277 e. The summed E-state index contributed by atoms with van der Waals surface area (Å²) in [7, 11) is 0. The molecule has 1 aromatic carbocycles. The number of hydrogen-bond donors (Lipinski definition) is 1. The topological polar surface area (TPSA) is 66.5 Å². The molecule has 2 fully saturated rings. The van der Waals surface area contributed by atoms with E-state index < -0.39 is 29.3 Å². The number of nitrogens with zero attached hydrogens (tertiary/aromatic N) is 1. The summed E-state index contributed by atoms with van der Waals surface area (Å²) in [5.74, 6) is -0.853. The first-order valence-electron chi connectivity index (χ1n) is 6.90. The number of benzene rings is 1. The summed E-state index contributed by atoms with van der Waals surface area (Å²) in [5, 5.41) is 2.85. The van der Waals surface area contributed by atoms with Gasteiger partial charge in [-0.05, 0) is 37.5 Å². The Morgan fingerprint density at radius 3 is 2.57 bits per heavy atom. The molecule has 0 aromatic heterocycles. The van der Waals surface area contributed by atoms with Crippen molar-refractivity contribution in [3.8, 4) is 0 Å². The number of imide groups is 2. The summed E-state index contributed by atoms with van der Waals surface area (Å²) >= 11 is 5.96. The summed E-state index contributed by atoms with van der Waals surface area (Å²) in [5.41, 5.74) is -0.282. The first-order valence-corrected chi connectivity index (χ1v) is 7.28. The van der Waals surface area contributed by atoms with Crippen LogP contribution in [0.3, 0.4) is 0 Å². The van der Waals surface area contributed by atoms with Crippen LogP contribution < -0.4 is 5.32 Å². The molecule has 1 saturated carbocycles. The second-order valence-electron chi connectivity index (χ2n) is 5.60. The lowest BCUT2D eigenvalue weighted by atomic mass is 9.66. The van der Waals surface area contributed by atoms with Crippen molar-refractivity contribution in [2.45, 2.75) is 32.2 Å². The maximum Gasteiger partial charge on any atom is 0.331 e. The van der Waals surface area contributed by atoms with E-state index >= 15 is 0 Å².